The van der Waals surface area contributed by atoms with Crippen LogP contribution >= 0.6 is 15.9 Å². The van der Waals surface area contributed by atoms with E-state index in [1.54, 1.807) is 24.3 Å². The van der Waals surface area contributed by atoms with Gasteiger partial charge < -0.3 is 10.2 Å². The number of aliphatic hydroxyl groups is 2. The largest absolute Gasteiger partial charge is 0.359 e. The molecule has 122 valence electrons. The van der Waals surface area contributed by atoms with E-state index >= 15 is 0 Å². The number of alkyl halides is 1. The van der Waals surface area contributed by atoms with Gasteiger partial charge in [0.1, 0.15) is 4.32 Å². The van der Waals surface area contributed by atoms with E-state index in [4.69, 9.17) is 0 Å². The number of allylic oxidation sites excluding steroid dienone is 6. The third-order valence-electron chi connectivity index (χ3n) is 4.53. The SMILES string of the molecule is N#CC1(Br)C=CC2=C(c3cccc4ccccc34)C(O)(O)C=CC2=C1. The Morgan fingerprint density at radius 2 is 1.72 bits per heavy atom. The zero-order valence-electron chi connectivity index (χ0n) is 13.1. The molecule has 1 unspecified atom stereocenters. The van der Waals surface area contributed by atoms with Crippen molar-refractivity contribution in [3.63, 3.8) is 0 Å². The van der Waals surface area contributed by atoms with Crippen molar-refractivity contribution in [2.24, 2.45) is 0 Å². The van der Waals surface area contributed by atoms with Gasteiger partial charge in [0.15, 0.2) is 0 Å². The van der Waals surface area contributed by atoms with Crippen molar-refractivity contribution in [3.8, 4) is 6.07 Å². The van der Waals surface area contributed by atoms with Gasteiger partial charge in [-0.15, -0.1) is 0 Å². The standard InChI is InChI=1S/C21H14BrNO2/c22-20(13-23)10-9-17-15(12-20)8-11-21(24,25)19(17)18-7-3-5-14-4-1-2-6-16(14)18/h1-12,24-25H. The molecule has 2 aliphatic carbocycles. The number of hydrogen-bond acceptors (Lipinski definition) is 3. The van der Waals surface area contributed by atoms with Crippen LogP contribution in [-0.4, -0.2) is 20.3 Å². The molecule has 4 heteroatoms. The summed E-state index contributed by atoms with van der Waals surface area (Å²) in [7, 11) is 0. The lowest BCUT2D eigenvalue weighted by Gasteiger charge is -2.32. The Kier molecular flexibility index (Phi) is 3.55. The third-order valence-corrected chi connectivity index (χ3v) is 5.20. The molecular formula is C21H14BrNO2. The molecule has 0 fully saturated rings. The van der Waals surface area contributed by atoms with Crippen LogP contribution in [-0.2, 0) is 0 Å². The summed E-state index contributed by atoms with van der Waals surface area (Å²) in [6.07, 6.45) is 8.25. The first-order valence-corrected chi connectivity index (χ1v) is 8.62. The molecule has 4 rings (SSSR count). The lowest BCUT2D eigenvalue weighted by Crippen LogP contribution is -2.31. The number of nitriles is 1. The van der Waals surface area contributed by atoms with Crippen molar-refractivity contribution in [2.75, 3.05) is 0 Å². The molecule has 2 aliphatic rings. The zero-order valence-corrected chi connectivity index (χ0v) is 14.7. The quantitative estimate of drug-likeness (QED) is 0.570. The Hall–Kier alpha value is -2.45. The fraction of sp³-hybridized carbons (Fsp3) is 0.0952. The summed E-state index contributed by atoms with van der Waals surface area (Å²) in [5.74, 6) is -2.08. The summed E-state index contributed by atoms with van der Waals surface area (Å²) < 4.78 is -0.884. The van der Waals surface area contributed by atoms with Crippen LogP contribution in [0, 0.1) is 11.3 Å². The minimum atomic E-state index is -2.08. The topological polar surface area (TPSA) is 64.2 Å². The molecule has 2 aromatic carbocycles. The highest BCUT2D eigenvalue weighted by Gasteiger charge is 2.36. The van der Waals surface area contributed by atoms with Crippen LogP contribution in [0.25, 0.3) is 16.3 Å². The number of rotatable bonds is 1. The van der Waals surface area contributed by atoms with Crippen LogP contribution in [0.3, 0.4) is 0 Å². The second-order valence-electron chi connectivity index (χ2n) is 6.19. The van der Waals surface area contributed by atoms with E-state index < -0.39 is 10.1 Å². The Balaban J connectivity index is 2.03. The molecule has 0 spiro atoms. The van der Waals surface area contributed by atoms with Gasteiger partial charge in [-0.2, -0.15) is 5.26 Å². The monoisotopic (exact) mass is 391 g/mol. The van der Waals surface area contributed by atoms with Gasteiger partial charge in [-0.1, -0.05) is 70.5 Å². The van der Waals surface area contributed by atoms with Crippen molar-refractivity contribution in [1.82, 2.24) is 0 Å². The van der Waals surface area contributed by atoms with Crippen molar-refractivity contribution in [2.45, 2.75) is 10.1 Å². The maximum atomic E-state index is 10.6. The molecule has 1 atom stereocenters. The Morgan fingerprint density at radius 1 is 0.960 bits per heavy atom. The van der Waals surface area contributed by atoms with Crippen LogP contribution in [0.15, 0.2) is 84.0 Å². The van der Waals surface area contributed by atoms with Gasteiger partial charge in [0, 0.05) is 5.57 Å². The lowest BCUT2D eigenvalue weighted by atomic mass is 9.79. The summed E-state index contributed by atoms with van der Waals surface area (Å²) in [6.45, 7) is 0. The molecule has 25 heavy (non-hydrogen) atoms. The molecule has 0 amide bonds. The van der Waals surface area contributed by atoms with Gasteiger partial charge in [-0.05, 0) is 45.7 Å². The second-order valence-corrected chi connectivity index (χ2v) is 7.50. The summed E-state index contributed by atoms with van der Waals surface area (Å²) in [4.78, 5) is 0. The predicted molar refractivity (Wildman–Crippen MR) is 102 cm³/mol. The van der Waals surface area contributed by atoms with E-state index in [-0.39, 0.29) is 0 Å². The van der Waals surface area contributed by atoms with Gasteiger partial charge in [-0.3, -0.25) is 0 Å². The molecule has 0 saturated heterocycles. The van der Waals surface area contributed by atoms with Gasteiger partial charge in [-0.25, -0.2) is 0 Å². The predicted octanol–water partition coefficient (Wildman–Crippen LogP) is 4.00. The second kappa shape index (κ2) is 5.53. The van der Waals surface area contributed by atoms with E-state index in [1.807, 2.05) is 42.5 Å². The average Bonchev–Trinajstić information content (AvgIpc) is 2.61. The highest BCUT2D eigenvalue weighted by Crippen LogP contribution is 2.43. The molecule has 3 nitrogen and oxygen atoms in total. The third kappa shape index (κ3) is 2.58. The van der Waals surface area contributed by atoms with Crippen LogP contribution in [0.5, 0.6) is 0 Å². The fourth-order valence-corrected chi connectivity index (χ4v) is 3.74. The highest BCUT2D eigenvalue weighted by molar-refractivity contribution is 9.10. The molecule has 0 aliphatic heterocycles. The van der Waals surface area contributed by atoms with Crippen molar-refractivity contribution >= 4 is 32.3 Å². The maximum Gasteiger partial charge on any atom is 0.211 e. The zero-order chi connectivity index (χ0) is 17.7. The average molecular weight is 392 g/mol. The molecule has 2 N–H and O–H groups in total. The van der Waals surface area contributed by atoms with Gasteiger partial charge in [0.2, 0.25) is 5.79 Å². The van der Waals surface area contributed by atoms with Gasteiger partial charge in [0.25, 0.3) is 0 Å². The van der Waals surface area contributed by atoms with E-state index in [1.165, 1.54) is 6.08 Å². The first-order valence-electron chi connectivity index (χ1n) is 7.83. The number of nitrogens with zero attached hydrogens (tertiary/aromatic N) is 1. The van der Waals surface area contributed by atoms with Crippen LogP contribution in [0.1, 0.15) is 5.56 Å². The van der Waals surface area contributed by atoms with E-state index in [9.17, 15) is 15.5 Å². The van der Waals surface area contributed by atoms with Crippen molar-refractivity contribution < 1.29 is 10.2 Å². The lowest BCUT2D eigenvalue weighted by molar-refractivity contribution is -0.0652. The summed E-state index contributed by atoms with van der Waals surface area (Å²) in [5, 5.41) is 32.6. The normalized spacial score (nSPS) is 24.0. The number of benzene rings is 2. The summed E-state index contributed by atoms with van der Waals surface area (Å²) >= 11 is 3.40. The van der Waals surface area contributed by atoms with Gasteiger partial charge in [0.05, 0.1) is 6.07 Å². The maximum absolute atomic E-state index is 10.6. The Morgan fingerprint density at radius 3 is 2.52 bits per heavy atom. The van der Waals surface area contributed by atoms with Crippen LogP contribution in [0.2, 0.25) is 0 Å². The minimum Gasteiger partial charge on any atom is -0.359 e. The molecular weight excluding hydrogens is 378 g/mol. The smallest absolute Gasteiger partial charge is 0.211 e. The first-order chi connectivity index (χ1) is 11.9. The molecule has 0 bridgehead atoms. The van der Waals surface area contributed by atoms with Crippen molar-refractivity contribution in [1.29, 1.82) is 5.26 Å². The van der Waals surface area contributed by atoms with E-state index in [0.29, 0.717) is 11.1 Å². The molecule has 0 saturated carbocycles. The Labute approximate surface area is 153 Å². The van der Waals surface area contributed by atoms with Crippen LogP contribution in [0.4, 0.5) is 0 Å². The first kappa shape index (κ1) is 16.0. The summed E-state index contributed by atoms with van der Waals surface area (Å²) in [6, 6.07) is 15.8. The Bertz CT molecular complexity index is 1050. The number of halogens is 1. The number of hydrogen-bond donors (Lipinski definition) is 2. The van der Waals surface area contributed by atoms with E-state index in [0.717, 1.165) is 21.9 Å². The minimum absolute atomic E-state index is 0.418. The summed E-state index contributed by atoms with van der Waals surface area (Å²) in [5.41, 5.74) is 2.66. The molecule has 0 aromatic heterocycles. The fourth-order valence-electron chi connectivity index (χ4n) is 3.36. The molecule has 0 radical (unpaired) electrons. The number of fused-ring (bicyclic) bond motifs is 2. The molecule has 0 heterocycles. The van der Waals surface area contributed by atoms with E-state index in [2.05, 4.69) is 22.0 Å². The van der Waals surface area contributed by atoms with Gasteiger partial charge >= 0.3 is 0 Å². The molecule has 2 aromatic rings. The van der Waals surface area contributed by atoms with Crippen molar-refractivity contribution in [3.05, 3.63) is 89.6 Å². The highest BCUT2D eigenvalue weighted by atomic mass is 79.9. The van der Waals surface area contributed by atoms with Crippen LogP contribution < -0.4 is 0 Å².